The molecule has 2 atom stereocenters. The summed E-state index contributed by atoms with van der Waals surface area (Å²) in [5.74, 6) is 0.271. The van der Waals surface area contributed by atoms with Gasteiger partial charge in [-0.05, 0) is 25.7 Å². The molecule has 128 valence electrons. The third kappa shape index (κ3) is 4.45. The first-order valence-electron chi connectivity index (χ1n) is 9.18. The van der Waals surface area contributed by atoms with Crippen LogP contribution in [0.15, 0.2) is 0 Å². The summed E-state index contributed by atoms with van der Waals surface area (Å²) in [5.41, 5.74) is 0.132. The zero-order valence-corrected chi connectivity index (χ0v) is 14.7. The van der Waals surface area contributed by atoms with E-state index in [0.717, 1.165) is 45.4 Å². The van der Waals surface area contributed by atoms with Crippen LogP contribution in [0, 0.1) is 5.41 Å². The molecule has 0 bridgehead atoms. The maximum absolute atomic E-state index is 12.3. The van der Waals surface area contributed by atoms with Gasteiger partial charge in [-0.2, -0.15) is 0 Å². The molecule has 1 heterocycles. The fourth-order valence-electron chi connectivity index (χ4n) is 3.53. The molecular formula is C18H34N2O2. The largest absolute Gasteiger partial charge is 0.378 e. The zero-order chi connectivity index (χ0) is 16.0. The van der Waals surface area contributed by atoms with Crippen molar-refractivity contribution in [1.29, 1.82) is 0 Å². The first-order valence-corrected chi connectivity index (χ1v) is 9.18. The Balaban J connectivity index is 1.69. The highest BCUT2D eigenvalue weighted by atomic mass is 16.5. The number of hydrogen-bond donors (Lipinski definition) is 1. The number of carbonyl (C=O) groups is 1. The van der Waals surface area contributed by atoms with E-state index in [0.29, 0.717) is 18.7 Å². The van der Waals surface area contributed by atoms with Gasteiger partial charge in [0.15, 0.2) is 0 Å². The Bertz CT molecular complexity index is 349. The Morgan fingerprint density at radius 3 is 2.50 bits per heavy atom. The third-order valence-corrected chi connectivity index (χ3v) is 5.45. The van der Waals surface area contributed by atoms with Gasteiger partial charge in [0.1, 0.15) is 0 Å². The smallest absolute Gasteiger partial charge is 0.236 e. The average molecular weight is 310 g/mol. The SMILES string of the molecule is CCCCO[C@@H]1C[C@H](NCC(=O)N2CCCCCC2)C1(C)C. The van der Waals surface area contributed by atoms with Crippen molar-refractivity contribution >= 4 is 5.91 Å². The number of carbonyl (C=O) groups excluding carboxylic acids is 1. The van der Waals surface area contributed by atoms with Crippen LogP contribution >= 0.6 is 0 Å². The summed E-state index contributed by atoms with van der Waals surface area (Å²) in [4.78, 5) is 14.4. The Labute approximate surface area is 136 Å². The number of ether oxygens (including phenoxy) is 1. The summed E-state index contributed by atoms with van der Waals surface area (Å²) >= 11 is 0. The highest BCUT2D eigenvalue weighted by Crippen LogP contribution is 2.42. The third-order valence-electron chi connectivity index (χ3n) is 5.45. The number of unbranched alkanes of at least 4 members (excludes halogenated alkanes) is 1. The van der Waals surface area contributed by atoms with Crippen molar-refractivity contribution in [3.05, 3.63) is 0 Å². The van der Waals surface area contributed by atoms with Crippen molar-refractivity contribution < 1.29 is 9.53 Å². The normalized spacial score (nSPS) is 28.0. The zero-order valence-electron chi connectivity index (χ0n) is 14.7. The molecule has 0 aromatic carbocycles. The maximum Gasteiger partial charge on any atom is 0.236 e. The molecule has 1 saturated carbocycles. The first-order chi connectivity index (χ1) is 10.6. The molecule has 0 unspecified atom stereocenters. The minimum atomic E-state index is 0.132. The van der Waals surface area contributed by atoms with E-state index in [4.69, 9.17) is 4.74 Å². The van der Waals surface area contributed by atoms with Gasteiger partial charge in [-0.1, -0.05) is 40.0 Å². The molecule has 1 saturated heterocycles. The molecule has 4 nitrogen and oxygen atoms in total. The highest BCUT2D eigenvalue weighted by Gasteiger charge is 2.48. The monoisotopic (exact) mass is 310 g/mol. The standard InChI is InChI=1S/C18H34N2O2/c1-4-5-12-22-16-13-15(18(16,2)3)19-14-17(21)20-10-8-6-7-9-11-20/h15-16,19H,4-14H2,1-3H3/t15-,16+/m0/s1. The first kappa shape index (κ1) is 17.7. The molecule has 2 fully saturated rings. The van der Waals surface area contributed by atoms with Crippen LogP contribution in [0.3, 0.4) is 0 Å². The topological polar surface area (TPSA) is 41.6 Å². The fourth-order valence-corrected chi connectivity index (χ4v) is 3.53. The van der Waals surface area contributed by atoms with Gasteiger partial charge in [-0.25, -0.2) is 0 Å². The molecule has 2 aliphatic rings. The van der Waals surface area contributed by atoms with Crippen LogP contribution in [0.1, 0.15) is 65.7 Å². The van der Waals surface area contributed by atoms with Crippen LogP contribution in [0.2, 0.25) is 0 Å². The summed E-state index contributed by atoms with van der Waals surface area (Å²) in [7, 11) is 0. The molecule has 0 radical (unpaired) electrons. The summed E-state index contributed by atoms with van der Waals surface area (Å²) in [5, 5.41) is 3.48. The second-order valence-electron chi connectivity index (χ2n) is 7.50. The van der Waals surface area contributed by atoms with Crippen molar-refractivity contribution in [2.75, 3.05) is 26.2 Å². The molecule has 0 aromatic rings. The second-order valence-corrected chi connectivity index (χ2v) is 7.50. The van der Waals surface area contributed by atoms with Crippen LogP contribution in [0.25, 0.3) is 0 Å². The fraction of sp³-hybridized carbons (Fsp3) is 0.944. The summed E-state index contributed by atoms with van der Waals surface area (Å²) in [6.07, 6.45) is 8.54. The maximum atomic E-state index is 12.3. The van der Waals surface area contributed by atoms with E-state index in [1.54, 1.807) is 0 Å². The molecule has 1 amide bonds. The van der Waals surface area contributed by atoms with Gasteiger partial charge in [0.2, 0.25) is 5.91 Å². The van der Waals surface area contributed by atoms with Gasteiger partial charge in [-0.15, -0.1) is 0 Å². The summed E-state index contributed by atoms with van der Waals surface area (Å²) < 4.78 is 5.97. The lowest BCUT2D eigenvalue weighted by molar-refractivity contribution is -0.135. The van der Waals surface area contributed by atoms with Crippen molar-refractivity contribution in [1.82, 2.24) is 10.2 Å². The van der Waals surface area contributed by atoms with Crippen LogP contribution in [-0.4, -0.2) is 49.2 Å². The minimum Gasteiger partial charge on any atom is -0.378 e. The number of likely N-dealkylation sites (tertiary alicyclic amines) is 1. The van der Waals surface area contributed by atoms with E-state index < -0.39 is 0 Å². The molecule has 1 aliphatic heterocycles. The van der Waals surface area contributed by atoms with Gasteiger partial charge in [0.25, 0.3) is 0 Å². The molecule has 4 heteroatoms. The Kier molecular flexibility index (Phi) is 6.69. The lowest BCUT2D eigenvalue weighted by Gasteiger charge is -2.52. The van der Waals surface area contributed by atoms with Crippen molar-refractivity contribution in [3.63, 3.8) is 0 Å². The van der Waals surface area contributed by atoms with Gasteiger partial charge in [-0.3, -0.25) is 4.79 Å². The Morgan fingerprint density at radius 1 is 1.23 bits per heavy atom. The molecule has 0 spiro atoms. The highest BCUT2D eigenvalue weighted by molar-refractivity contribution is 5.78. The Hall–Kier alpha value is -0.610. The lowest BCUT2D eigenvalue weighted by Crippen LogP contribution is -2.62. The van der Waals surface area contributed by atoms with Gasteiger partial charge >= 0.3 is 0 Å². The van der Waals surface area contributed by atoms with E-state index in [-0.39, 0.29) is 11.3 Å². The second kappa shape index (κ2) is 8.30. The molecule has 1 N–H and O–H groups in total. The predicted octanol–water partition coefficient (Wildman–Crippen LogP) is 2.96. The number of nitrogens with one attached hydrogen (secondary N) is 1. The Morgan fingerprint density at radius 2 is 1.91 bits per heavy atom. The molecular weight excluding hydrogens is 276 g/mol. The van der Waals surface area contributed by atoms with E-state index in [9.17, 15) is 4.79 Å². The van der Waals surface area contributed by atoms with Crippen LogP contribution in [-0.2, 0) is 9.53 Å². The molecule has 1 aliphatic carbocycles. The van der Waals surface area contributed by atoms with E-state index >= 15 is 0 Å². The van der Waals surface area contributed by atoms with Crippen molar-refractivity contribution in [3.8, 4) is 0 Å². The van der Waals surface area contributed by atoms with Crippen molar-refractivity contribution in [2.24, 2.45) is 5.41 Å². The van der Waals surface area contributed by atoms with E-state index in [1.165, 1.54) is 19.3 Å². The lowest BCUT2D eigenvalue weighted by atomic mass is 9.64. The van der Waals surface area contributed by atoms with E-state index in [1.807, 2.05) is 4.90 Å². The minimum absolute atomic E-state index is 0.132. The number of rotatable bonds is 7. The number of hydrogen-bond acceptors (Lipinski definition) is 3. The van der Waals surface area contributed by atoms with Crippen LogP contribution in [0.5, 0.6) is 0 Å². The summed E-state index contributed by atoms with van der Waals surface area (Å²) in [6.45, 7) is 9.92. The average Bonchev–Trinajstić information content (AvgIpc) is 2.78. The van der Waals surface area contributed by atoms with Gasteiger partial charge in [0.05, 0.1) is 12.6 Å². The van der Waals surface area contributed by atoms with Gasteiger partial charge in [0, 0.05) is 31.2 Å². The quantitative estimate of drug-likeness (QED) is 0.735. The number of amides is 1. The molecule has 22 heavy (non-hydrogen) atoms. The van der Waals surface area contributed by atoms with Gasteiger partial charge < -0.3 is 15.0 Å². The predicted molar refractivity (Wildman–Crippen MR) is 89.9 cm³/mol. The van der Waals surface area contributed by atoms with E-state index in [2.05, 4.69) is 26.1 Å². The molecule has 2 rings (SSSR count). The van der Waals surface area contributed by atoms with Crippen LogP contribution < -0.4 is 5.32 Å². The molecule has 0 aromatic heterocycles. The number of nitrogens with zero attached hydrogens (tertiary/aromatic N) is 1. The van der Waals surface area contributed by atoms with Crippen LogP contribution in [0.4, 0.5) is 0 Å². The summed E-state index contributed by atoms with van der Waals surface area (Å²) in [6, 6.07) is 0.398. The van der Waals surface area contributed by atoms with Crippen molar-refractivity contribution in [2.45, 2.75) is 77.9 Å².